The van der Waals surface area contributed by atoms with Crippen molar-refractivity contribution in [3.05, 3.63) is 65.5 Å². The molecule has 1 atom stereocenters. The Balaban J connectivity index is 0.00000280. The molecular formula is C21H25ClFN3O2. The molecule has 7 heteroatoms. The first-order valence-electron chi connectivity index (χ1n) is 9.18. The fourth-order valence-corrected chi connectivity index (χ4v) is 2.75. The summed E-state index contributed by atoms with van der Waals surface area (Å²) in [5.41, 5.74) is 1.97. The Bertz CT molecular complexity index is 792. The Morgan fingerprint density at radius 1 is 1.07 bits per heavy atom. The van der Waals surface area contributed by atoms with Gasteiger partial charge in [-0.05, 0) is 74.2 Å². The van der Waals surface area contributed by atoms with E-state index in [-0.39, 0.29) is 36.1 Å². The molecule has 2 aromatic rings. The molecule has 1 unspecified atom stereocenters. The Morgan fingerprint density at radius 2 is 1.71 bits per heavy atom. The lowest BCUT2D eigenvalue weighted by Crippen LogP contribution is -2.36. The normalized spacial score (nSPS) is 13.9. The number of hydrogen-bond donors (Lipinski definition) is 3. The Labute approximate surface area is 170 Å². The maximum atomic E-state index is 12.9. The van der Waals surface area contributed by atoms with Gasteiger partial charge in [-0.25, -0.2) is 4.39 Å². The highest BCUT2D eigenvalue weighted by molar-refractivity contribution is 6.04. The predicted molar refractivity (Wildman–Crippen MR) is 110 cm³/mol. The lowest BCUT2D eigenvalue weighted by molar-refractivity contribution is -0.120. The van der Waals surface area contributed by atoms with Gasteiger partial charge >= 0.3 is 0 Å². The number of amides is 2. The van der Waals surface area contributed by atoms with Crippen LogP contribution in [0.3, 0.4) is 0 Å². The summed E-state index contributed by atoms with van der Waals surface area (Å²) in [6.07, 6.45) is 2.52. The van der Waals surface area contributed by atoms with Gasteiger partial charge in [-0.3, -0.25) is 9.59 Å². The van der Waals surface area contributed by atoms with Crippen molar-refractivity contribution in [1.82, 2.24) is 10.6 Å². The zero-order valence-corrected chi connectivity index (χ0v) is 16.5. The topological polar surface area (TPSA) is 70.2 Å². The molecule has 2 aromatic carbocycles. The zero-order valence-electron chi connectivity index (χ0n) is 15.7. The highest BCUT2D eigenvalue weighted by atomic mass is 35.5. The van der Waals surface area contributed by atoms with Crippen LogP contribution in [-0.2, 0) is 4.79 Å². The number of anilines is 1. The molecule has 1 saturated carbocycles. The molecule has 5 nitrogen and oxygen atoms in total. The van der Waals surface area contributed by atoms with E-state index < -0.39 is 0 Å². The number of nitrogens with one attached hydrogen (secondary N) is 3. The van der Waals surface area contributed by atoms with Gasteiger partial charge in [0.15, 0.2) is 0 Å². The van der Waals surface area contributed by atoms with Crippen LogP contribution in [0.2, 0.25) is 0 Å². The van der Waals surface area contributed by atoms with Crippen LogP contribution < -0.4 is 16.0 Å². The highest BCUT2D eigenvalue weighted by Crippen LogP contribution is 2.27. The van der Waals surface area contributed by atoms with Crippen LogP contribution in [0, 0.1) is 11.7 Å². The second kappa shape index (κ2) is 10.2. The first-order chi connectivity index (χ1) is 13.0. The average molecular weight is 406 g/mol. The highest BCUT2D eigenvalue weighted by Gasteiger charge is 2.20. The van der Waals surface area contributed by atoms with Gasteiger partial charge in [0.25, 0.3) is 5.91 Å². The van der Waals surface area contributed by atoms with E-state index in [1.807, 2.05) is 19.1 Å². The molecule has 0 aromatic heterocycles. The number of benzene rings is 2. The second-order valence-corrected chi connectivity index (χ2v) is 6.95. The molecule has 2 amide bonds. The van der Waals surface area contributed by atoms with Crippen LogP contribution in [0.1, 0.15) is 41.7 Å². The van der Waals surface area contributed by atoms with E-state index in [1.54, 1.807) is 12.1 Å². The van der Waals surface area contributed by atoms with Crippen molar-refractivity contribution in [1.29, 1.82) is 0 Å². The third kappa shape index (κ3) is 6.62. The van der Waals surface area contributed by atoms with Gasteiger partial charge in [0.1, 0.15) is 5.82 Å². The van der Waals surface area contributed by atoms with Crippen LogP contribution in [0.4, 0.5) is 10.1 Å². The summed E-state index contributed by atoms with van der Waals surface area (Å²) in [6, 6.07) is 12.6. The molecule has 3 rings (SSSR count). The van der Waals surface area contributed by atoms with Crippen molar-refractivity contribution in [3.63, 3.8) is 0 Å². The molecule has 28 heavy (non-hydrogen) atoms. The van der Waals surface area contributed by atoms with Crippen molar-refractivity contribution in [2.24, 2.45) is 5.92 Å². The molecule has 150 valence electrons. The van der Waals surface area contributed by atoms with Crippen molar-refractivity contribution < 1.29 is 14.0 Å². The summed E-state index contributed by atoms with van der Waals surface area (Å²) in [6.45, 7) is 3.15. The van der Waals surface area contributed by atoms with Crippen LogP contribution in [0.5, 0.6) is 0 Å². The number of carbonyl (C=O) groups excluding carboxylic acids is 2. The lowest BCUT2D eigenvalue weighted by atomic mass is 10.1. The monoisotopic (exact) mass is 405 g/mol. The molecule has 1 aliphatic carbocycles. The van der Waals surface area contributed by atoms with E-state index in [0.717, 1.165) is 18.0 Å². The molecule has 3 N–H and O–H groups in total. The summed E-state index contributed by atoms with van der Waals surface area (Å²) in [5.74, 6) is 0.0326. The van der Waals surface area contributed by atoms with E-state index in [0.29, 0.717) is 17.8 Å². The molecule has 1 fully saturated rings. The van der Waals surface area contributed by atoms with Crippen molar-refractivity contribution in [2.75, 3.05) is 18.4 Å². The minimum atomic E-state index is -0.380. The first kappa shape index (κ1) is 21.9. The molecule has 0 bridgehead atoms. The van der Waals surface area contributed by atoms with Gasteiger partial charge in [0.2, 0.25) is 5.91 Å². The van der Waals surface area contributed by atoms with Gasteiger partial charge < -0.3 is 16.0 Å². The Hall–Kier alpha value is -2.44. The Kier molecular flexibility index (Phi) is 7.96. The van der Waals surface area contributed by atoms with Gasteiger partial charge in [0.05, 0.1) is 12.6 Å². The number of hydrogen-bond acceptors (Lipinski definition) is 3. The fourth-order valence-electron chi connectivity index (χ4n) is 2.75. The summed E-state index contributed by atoms with van der Waals surface area (Å²) in [4.78, 5) is 24.1. The maximum absolute atomic E-state index is 12.9. The van der Waals surface area contributed by atoms with Crippen molar-refractivity contribution in [3.8, 4) is 0 Å². The van der Waals surface area contributed by atoms with Crippen LogP contribution in [0.25, 0.3) is 0 Å². The molecule has 1 aliphatic rings. The van der Waals surface area contributed by atoms with E-state index >= 15 is 0 Å². The molecule has 0 radical (unpaired) electrons. The second-order valence-electron chi connectivity index (χ2n) is 6.95. The summed E-state index contributed by atoms with van der Waals surface area (Å²) >= 11 is 0. The molecule has 0 saturated heterocycles. The predicted octanol–water partition coefficient (Wildman–Crippen LogP) is 3.68. The SMILES string of the molecule is CC(NC(=O)CNCC1CC1)c1ccc(NC(=O)c2ccc(F)cc2)cc1.Cl. The van der Waals surface area contributed by atoms with Crippen molar-refractivity contribution in [2.45, 2.75) is 25.8 Å². The third-order valence-corrected chi connectivity index (χ3v) is 4.57. The Morgan fingerprint density at radius 3 is 2.32 bits per heavy atom. The first-order valence-corrected chi connectivity index (χ1v) is 9.18. The number of rotatable bonds is 8. The standard InChI is InChI=1S/C21H24FN3O2.ClH/c1-14(24-20(26)13-23-12-15-2-3-15)16-6-10-19(11-7-16)25-21(27)17-4-8-18(22)9-5-17;/h4-11,14-15,23H,2-3,12-13H2,1H3,(H,24,26)(H,25,27);1H. The van der Waals surface area contributed by atoms with E-state index in [4.69, 9.17) is 0 Å². The van der Waals surface area contributed by atoms with E-state index in [9.17, 15) is 14.0 Å². The minimum absolute atomic E-state index is 0. The maximum Gasteiger partial charge on any atom is 0.255 e. The van der Waals surface area contributed by atoms with Gasteiger partial charge in [-0.1, -0.05) is 12.1 Å². The largest absolute Gasteiger partial charge is 0.348 e. The molecule has 0 heterocycles. The average Bonchev–Trinajstić information content (AvgIpc) is 3.47. The smallest absolute Gasteiger partial charge is 0.255 e. The van der Waals surface area contributed by atoms with Crippen LogP contribution in [0.15, 0.2) is 48.5 Å². The van der Waals surface area contributed by atoms with E-state index in [1.165, 1.54) is 37.1 Å². The molecular weight excluding hydrogens is 381 g/mol. The van der Waals surface area contributed by atoms with Crippen molar-refractivity contribution >= 4 is 29.9 Å². The minimum Gasteiger partial charge on any atom is -0.348 e. The number of carbonyl (C=O) groups is 2. The fraction of sp³-hybridized carbons (Fsp3) is 0.333. The van der Waals surface area contributed by atoms with Gasteiger partial charge in [-0.15, -0.1) is 12.4 Å². The zero-order chi connectivity index (χ0) is 19.2. The molecule has 0 spiro atoms. The third-order valence-electron chi connectivity index (χ3n) is 4.57. The quantitative estimate of drug-likeness (QED) is 0.627. The summed E-state index contributed by atoms with van der Waals surface area (Å²) < 4.78 is 12.9. The van der Waals surface area contributed by atoms with Crippen LogP contribution >= 0.6 is 12.4 Å². The molecule has 0 aliphatic heterocycles. The van der Waals surface area contributed by atoms with Crippen LogP contribution in [-0.4, -0.2) is 24.9 Å². The summed E-state index contributed by atoms with van der Waals surface area (Å²) in [7, 11) is 0. The van der Waals surface area contributed by atoms with Gasteiger partial charge in [-0.2, -0.15) is 0 Å². The van der Waals surface area contributed by atoms with E-state index in [2.05, 4.69) is 16.0 Å². The summed E-state index contributed by atoms with van der Waals surface area (Å²) in [5, 5.41) is 8.90. The lowest BCUT2D eigenvalue weighted by Gasteiger charge is -2.15. The number of halogens is 2. The van der Waals surface area contributed by atoms with Gasteiger partial charge in [0, 0.05) is 11.3 Å².